The average molecular weight is 409 g/mol. The molecule has 0 aromatic carbocycles. The molecule has 0 heterocycles. The standard InChI is InChI=1S/C17H36N4O5S/c1-8-18-14(19-9-10-25-11-12-27(7,23)24)20-13-17(5,6)21-15(22)26-16(2,3)4/h8-13H2,1-7H3,(H,21,22)(H2,18,19,20). The van der Waals surface area contributed by atoms with E-state index in [-0.39, 0.29) is 12.4 Å². The summed E-state index contributed by atoms with van der Waals surface area (Å²) in [5.74, 6) is 0.592. The molecule has 0 radical (unpaired) electrons. The molecule has 9 nitrogen and oxygen atoms in total. The van der Waals surface area contributed by atoms with Crippen LogP contribution < -0.4 is 16.0 Å². The van der Waals surface area contributed by atoms with Gasteiger partial charge in [0.15, 0.2) is 5.96 Å². The third-order valence-corrected chi connectivity index (χ3v) is 3.86. The molecule has 3 N–H and O–H groups in total. The van der Waals surface area contributed by atoms with E-state index in [1.807, 2.05) is 41.5 Å². The van der Waals surface area contributed by atoms with Crippen LogP contribution in [-0.2, 0) is 19.3 Å². The number of alkyl carbamates (subject to hydrolysis) is 1. The molecule has 1 amide bonds. The summed E-state index contributed by atoms with van der Waals surface area (Å²) in [5.41, 5.74) is -1.15. The van der Waals surface area contributed by atoms with Crippen molar-refractivity contribution in [2.45, 2.75) is 52.7 Å². The lowest BCUT2D eigenvalue weighted by Gasteiger charge is -2.27. The van der Waals surface area contributed by atoms with Gasteiger partial charge in [-0.2, -0.15) is 0 Å². The largest absolute Gasteiger partial charge is 0.444 e. The molecular formula is C17H36N4O5S. The van der Waals surface area contributed by atoms with E-state index in [0.29, 0.717) is 32.2 Å². The number of carbonyl (C=O) groups is 1. The fourth-order valence-electron chi connectivity index (χ4n) is 1.79. The van der Waals surface area contributed by atoms with Gasteiger partial charge in [0.1, 0.15) is 15.4 Å². The number of hydrogen-bond donors (Lipinski definition) is 3. The first-order valence-corrected chi connectivity index (χ1v) is 11.1. The van der Waals surface area contributed by atoms with Crippen LogP contribution in [0.15, 0.2) is 4.99 Å². The molecule has 10 heteroatoms. The summed E-state index contributed by atoms with van der Waals surface area (Å²) >= 11 is 0. The highest BCUT2D eigenvalue weighted by Gasteiger charge is 2.24. The minimum Gasteiger partial charge on any atom is -0.444 e. The number of nitrogens with one attached hydrogen (secondary N) is 3. The fraction of sp³-hybridized carbons (Fsp3) is 0.882. The topological polar surface area (TPSA) is 118 Å². The first-order chi connectivity index (χ1) is 12.2. The zero-order chi connectivity index (χ0) is 21.1. The van der Waals surface area contributed by atoms with Crippen molar-refractivity contribution in [1.29, 1.82) is 0 Å². The van der Waals surface area contributed by atoms with Crippen LogP contribution in [0.3, 0.4) is 0 Å². The van der Waals surface area contributed by atoms with Crippen LogP contribution in [0.5, 0.6) is 0 Å². The predicted molar refractivity (Wildman–Crippen MR) is 108 cm³/mol. The highest BCUT2D eigenvalue weighted by Crippen LogP contribution is 2.09. The van der Waals surface area contributed by atoms with Crippen LogP contribution in [0.4, 0.5) is 4.79 Å². The van der Waals surface area contributed by atoms with Crippen LogP contribution in [-0.4, -0.2) is 76.5 Å². The summed E-state index contributed by atoms with van der Waals surface area (Å²) in [4.78, 5) is 16.4. The van der Waals surface area contributed by atoms with E-state index in [0.717, 1.165) is 0 Å². The highest BCUT2D eigenvalue weighted by molar-refractivity contribution is 7.90. The maximum Gasteiger partial charge on any atom is 0.408 e. The second-order valence-electron chi connectivity index (χ2n) is 7.87. The normalized spacial score (nSPS) is 13.2. The lowest BCUT2D eigenvalue weighted by Crippen LogP contribution is -2.49. The molecule has 27 heavy (non-hydrogen) atoms. The third kappa shape index (κ3) is 16.4. The zero-order valence-electron chi connectivity index (χ0n) is 17.6. The number of hydrogen-bond acceptors (Lipinski definition) is 6. The van der Waals surface area contributed by atoms with Gasteiger partial charge in [-0.1, -0.05) is 0 Å². The number of ether oxygens (including phenoxy) is 2. The second-order valence-corrected chi connectivity index (χ2v) is 10.1. The van der Waals surface area contributed by atoms with Crippen molar-refractivity contribution >= 4 is 21.9 Å². The Morgan fingerprint density at radius 1 is 1.07 bits per heavy atom. The van der Waals surface area contributed by atoms with Crippen LogP contribution in [0.2, 0.25) is 0 Å². The lowest BCUT2D eigenvalue weighted by molar-refractivity contribution is 0.0476. The summed E-state index contributed by atoms with van der Waals surface area (Å²) in [6.45, 7) is 13.1. The van der Waals surface area contributed by atoms with Crippen LogP contribution >= 0.6 is 0 Å². The molecule has 160 valence electrons. The molecule has 0 bridgehead atoms. The lowest BCUT2D eigenvalue weighted by atomic mass is 10.1. The Labute approximate surface area is 163 Å². The van der Waals surface area contributed by atoms with Gasteiger partial charge >= 0.3 is 6.09 Å². The first-order valence-electron chi connectivity index (χ1n) is 9.03. The van der Waals surface area contributed by atoms with E-state index in [9.17, 15) is 13.2 Å². The third-order valence-electron chi connectivity index (χ3n) is 2.95. The van der Waals surface area contributed by atoms with E-state index in [1.54, 1.807) is 0 Å². The Balaban J connectivity index is 4.42. The number of carbonyl (C=O) groups excluding carboxylic acids is 1. The molecule has 0 aromatic rings. The second kappa shape index (κ2) is 11.3. The Morgan fingerprint density at radius 3 is 2.22 bits per heavy atom. The van der Waals surface area contributed by atoms with Crippen LogP contribution in [0.25, 0.3) is 0 Å². The van der Waals surface area contributed by atoms with Gasteiger partial charge in [-0.05, 0) is 41.5 Å². The smallest absolute Gasteiger partial charge is 0.408 e. The molecule has 0 aliphatic carbocycles. The van der Waals surface area contributed by atoms with Crippen molar-refractivity contribution in [2.24, 2.45) is 4.99 Å². The molecule has 0 atom stereocenters. The predicted octanol–water partition coefficient (Wildman–Crippen LogP) is 0.906. The molecule has 0 saturated carbocycles. The molecule has 0 unspecified atom stereocenters. The summed E-state index contributed by atoms with van der Waals surface area (Å²) in [6.07, 6.45) is 0.692. The Morgan fingerprint density at radius 2 is 1.70 bits per heavy atom. The number of amides is 1. The van der Waals surface area contributed by atoms with Gasteiger partial charge in [0.25, 0.3) is 0 Å². The first kappa shape index (κ1) is 25.4. The molecule has 0 spiro atoms. The minimum atomic E-state index is -3.01. The monoisotopic (exact) mass is 408 g/mol. The van der Waals surface area contributed by atoms with Gasteiger partial charge in [-0.3, -0.25) is 4.99 Å². The summed E-state index contributed by atoms with van der Waals surface area (Å²) in [7, 11) is -3.01. The molecule has 0 fully saturated rings. The molecule has 0 aliphatic rings. The quantitative estimate of drug-likeness (QED) is 0.279. The van der Waals surface area contributed by atoms with E-state index in [1.165, 1.54) is 6.26 Å². The van der Waals surface area contributed by atoms with E-state index < -0.39 is 27.1 Å². The number of aliphatic imine (C=N–C) groups is 1. The van der Waals surface area contributed by atoms with Crippen molar-refractivity contribution in [3.63, 3.8) is 0 Å². The van der Waals surface area contributed by atoms with Crippen LogP contribution in [0, 0.1) is 0 Å². The van der Waals surface area contributed by atoms with E-state index in [2.05, 4.69) is 20.9 Å². The van der Waals surface area contributed by atoms with Crippen LogP contribution in [0.1, 0.15) is 41.5 Å². The van der Waals surface area contributed by atoms with Gasteiger partial charge in [0.2, 0.25) is 0 Å². The number of guanidine groups is 1. The summed E-state index contributed by atoms with van der Waals surface area (Å²) < 4.78 is 32.6. The van der Waals surface area contributed by atoms with Gasteiger partial charge < -0.3 is 25.4 Å². The number of rotatable bonds is 10. The Kier molecular flexibility index (Phi) is 10.7. The molecule has 0 rings (SSSR count). The van der Waals surface area contributed by atoms with Gasteiger partial charge in [0, 0.05) is 19.3 Å². The number of nitrogens with zero attached hydrogens (tertiary/aromatic N) is 1. The molecule has 0 aromatic heterocycles. The SMILES string of the molecule is CCNC(=NCC(C)(C)NC(=O)OC(C)(C)C)NCCOCCS(C)(=O)=O. The van der Waals surface area contributed by atoms with Gasteiger partial charge in [-0.15, -0.1) is 0 Å². The Bertz CT molecular complexity index is 583. The van der Waals surface area contributed by atoms with Gasteiger partial charge in [-0.25, -0.2) is 13.2 Å². The maximum absolute atomic E-state index is 11.9. The Hall–Kier alpha value is -1.55. The fourth-order valence-corrected chi connectivity index (χ4v) is 2.21. The van der Waals surface area contributed by atoms with Crippen molar-refractivity contribution < 1.29 is 22.7 Å². The minimum absolute atomic E-state index is 0.00564. The average Bonchev–Trinajstić information content (AvgIpc) is 2.44. The molecular weight excluding hydrogens is 372 g/mol. The van der Waals surface area contributed by atoms with Crippen molar-refractivity contribution in [3.05, 3.63) is 0 Å². The molecule has 0 aliphatic heterocycles. The number of sulfone groups is 1. The maximum atomic E-state index is 11.9. The van der Waals surface area contributed by atoms with Crippen molar-refractivity contribution in [3.8, 4) is 0 Å². The highest BCUT2D eigenvalue weighted by atomic mass is 32.2. The zero-order valence-corrected chi connectivity index (χ0v) is 18.5. The van der Waals surface area contributed by atoms with Crippen molar-refractivity contribution in [2.75, 3.05) is 44.9 Å². The van der Waals surface area contributed by atoms with E-state index >= 15 is 0 Å². The molecule has 0 saturated heterocycles. The van der Waals surface area contributed by atoms with Crippen molar-refractivity contribution in [1.82, 2.24) is 16.0 Å². The van der Waals surface area contributed by atoms with E-state index in [4.69, 9.17) is 9.47 Å². The van der Waals surface area contributed by atoms with Gasteiger partial charge in [0.05, 0.1) is 31.1 Å². The summed E-state index contributed by atoms with van der Waals surface area (Å²) in [5, 5.41) is 9.01. The summed E-state index contributed by atoms with van der Waals surface area (Å²) in [6, 6.07) is 0.